The van der Waals surface area contributed by atoms with Crippen molar-refractivity contribution in [3.05, 3.63) is 35.4 Å². The van der Waals surface area contributed by atoms with Gasteiger partial charge in [-0.1, -0.05) is 12.1 Å². The third-order valence-corrected chi connectivity index (χ3v) is 2.83. The number of hydrogen-bond donors (Lipinski definition) is 1. The van der Waals surface area contributed by atoms with Gasteiger partial charge in [-0.15, -0.1) is 0 Å². The van der Waals surface area contributed by atoms with Gasteiger partial charge in [0.25, 0.3) is 0 Å². The molecule has 1 heterocycles. The quantitative estimate of drug-likeness (QED) is 0.914. The summed E-state index contributed by atoms with van der Waals surface area (Å²) in [6.45, 7) is 2.71. The highest BCUT2D eigenvalue weighted by Gasteiger charge is 2.30. The molecule has 19 heavy (non-hydrogen) atoms. The van der Waals surface area contributed by atoms with Crippen LogP contribution in [0.2, 0.25) is 0 Å². The Balaban J connectivity index is 1.82. The van der Waals surface area contributed by atoms with E-state index >= 15 is 0 Å². The standard InChI is InChI=1S/C13H16F3NO2/c14-13(15,16)11-3-1-2-10(6-11)8-18-9-12-7-17-4-5-19-12/h1-3,6,12,17H,4-5,7-9H2. The zero-order valence-corrected chi connectivity index (χ0v) is 10.4. The largest absolute Gasteiger partial charge is 0.416 e. The zero-order chi connectivity index (χ0) is 13.7. The summed E-state index contributed by atoms with van der Waals surface area (Å²) in [5.74, 6) is 0. The minimum Gasteiger partial charge on any atom is -0.374 e. The van der Waals surface area contributed by atoms with Crippen molar-refractivity contribution in [2.24, 2.45) is 0 Å². The molecule has 1 saturated heterocycles. The molecule has 1 unspecified atom stereocenters. The number of morpholine rings is 1. The predicted octanol–water partition coefficient (Wildman–Crippen LogP) is 2.21. The van der Waals surface area contributed by atoms with E-state index in [9.17, 15) is 13.2 Å². The molecule has 3 nitrogen and oxygen atoms in total. The molecule has 0 radical (unpaired) electrons. The third-order valence-electron chi connectivity index (χ3n) is 2.83. The monoisotopic (exact) mass is 275 g/mol. The summed E-state index contributed by atoms with van der Waals surface area (Å²) in [5.41, 5.74) is -0.136. The van der Waals surface area contributed by atoms with Crippen LogP contribution in [-0.2, 0) is 22.3 Å². The van der Waals surface area contributed by atoms with E-state index in [4.69, 9.17) is 9.47 Å². The number of nitrogens with one attached hydrogen (secondary N) is 1. The second-order valence-electron chi connectivity index (χ2n) is 4.41. The van der Waals surface area contributed by atoms with Crippen molar-refractivity contribution in [1.82, 2.24) is 5.32 Å². The molecule has 0 bridgehead atoms. The summed E-state index contributed by atoms with van der Waals surface area (Å²) >= 11 is 0. The molecule has 0 aliphatic carbocycles. The van der Waals surface area contributed by atoms with Crippen LogP contribution >= 0.6 is 0 Å². The Labute approximate surface area is 109 Å². The van der Waals surface area contributed by atoms with Gasteiger partial charge in [0.2, 0.25) is 0 Å². The van der Waals surface area contributed by atoms with Crippen molar-refractivity contribution in [1.29, 1.82) is 0 Å². The van der Waals surface area contributed by atoms with E-state index < -0.39 is 11.7 Å². The highest BCUT2D eigenvalue weighted by molar-refractivity contribution is 5.25. The second-order valence-corrected chi connectivity index (χ2v) is 4.41. The number of rotatable bonds is 4. The van der Waals surface area contributed by atoms with Gasteiger partial charge in [0.15, 0.2) is 0 Å². The minimum atomic E-state index is -4.31. The highest BCUT2D eigenvalue weighted by atomic mass is 19.4. The summed E-state index contributed by atoms with van der Waals surface area (Å²) in [4.78, 5) is 0. The van der Waals surface area contributed by atoms with E-state index in [2.05, 4.69) is 5.32 Å². The summed E-state index contributed by atoms with van der Waals surface area (Å²) in [6.07, 6.45) is -4.34. The van der Waals surface area contributed by atoms with Gasteiger partial charge in [-0.05, 0) is 17.7 Å². The van der Waals surface area contributed by atoms with Crippen LogP contribution in [0.15, 0.2) is 24.3 Å². The van der Waals surface area contributed by atoms with Crippen molar-refractivity contribution < 1.29 is 22.6 Å². The molecule has 1 aliphatic rings. The Morgan fingerprint density at radius 3 is 2.89 bits per heavy atom. The average Bonchev–Trinajstić information content (AvgIpc) is 2.39. The Bertz CT molecular complexity index is 403. The fraction of sp³-hybridized carbons (Fsp3) is 0.538. The van der Waals surface area contributed by atoms with Crippen LogP contribution in [0.3, 0.4) is 0 Å². The lowest BCUT2D eigenvalue weighted by atomic mass is 10.1. The maximum atomic E-state index is 12.5. The molecule has 1 atom stereocenters. The van der Waals surface area contributed by atoms with E-state index in [1.165, 1.54) is 6.07 Å². The predicted molar refractivity (Wildman–Crippen MR) is 63.7 cm³/mol. The van der Waals surface area contributed by atoms with Gasteiger partial charge >= 0.3 is 6.18 Å². The molecule has 0 saturated carbocycles. The maximum Gasteiger partial charge on any atom is 0.416 e. The number of alkyl halides is 3. The minimum absolute atomic E-state index is 0.0282. The Morgan fingerprint density at radius 2 is 2.21 bits per heavy atom. The Morgan fingerprint density at radius 1 is 1.37 bits per heavy atom. The van der Waals surface area contributed by atoms with Gasteiger partial charge in [-0.2, -0.15) is 13.2 Å². The van der Waals surface area contributed by atoms with Crippen LogP contribution in [0.1, 0.15) is 11.1 Å². The molecule has 2 rings (SSSR count). The van der Waals surface area contributed by atoms with Crippen LogP contribution in [0, 0.1) is 0 Å². The van der Waals surface area contributed by atoms with Crippen molar-refractivity contribution in [2.75, 3.05) is 26.3 Å². The van der Waals surface area contributed by atoms with E-state index in [0.29, 0.717) is 25.3 Å². The lowest BCUT2D eigenvalue weighted by Crippen LogP contribution is -2.40. The van der Waals surface area contributed by atoms with E-state index in [0.717, 1.165) is 18.7 Å². The average molecular weight is 275 g/mol. The first-order valence-corrected chi connectivity index (χ1v) is 6.12. The molecule has 1 aromatic rings. The van der Waals surface area contributed by atoms with Gasteiger partial charge in [-0.3, -0.25) is 0 Å². The molecule has 0 spiro atoms. The lowest BCUT2D eigenvalue weighted by molar-refractivity contribution is -0.137. The fourth-order valence-corrected chi connectivity index (χ4v) is 1.87. The van der Waals surface area contributed by atoms with Crippen LogP contribution in [-0.4, -0.2) is 32.4 Å². The SMILES string of the molecule is FC(F)(F)c1cccc(COCC2CNCCO2)c1. The van der Waals surface area contributed by atoms with Crippen molar-refractivity contribution in [2.45, 2.75) is 18.9 Å². The van der Waals surface area contributed by atoms with Crippen LogP contribution < -0.4 is 5.32 Å². The summed E-state index contributed by atoms with van der Waals surface area (Å²) in [7, 11) is 0. The van der Waals surface area contributed by atoms with E-state index in [-0.39, 0.29) is 12.7 Å². The van der Waals surface area contributed by atoms with Crippen molar-refractivity contribution >= 4 is 0 Å². The van der Waals surface area contributed by atoms with Gasteiger partial charge in [-0.25, -0.2) is 0 Å². The molecule has 1 fully saturated rings. The molecular weight excluding hydrogens is 259 g/mol. The number of benzene rings is 1. The number of ether oxygens (including phenoxy) is 2. The second kappa shape index (κ2) is 6.36. The molecule has 0 amide bonds. The van der Waals surface area contributed by atoms with Gasteiger partial charge in [0, 0.05) is 13.1 Å². The topological polar surface area (TPSA) is 30.5 Å². The van der Waals surface area contributed by atoms with Crippen LogP contribution in [0.25, 0.3) is 0 Å². The number of hydrogen-bond acceptors (Lipinski definition) is 3. The first-order valence-electron chi connectivity index (χ1n) is 6.12. The lowest BCUT2D eigenvalue weighted by Gasteiger charge is -2.23. The maximum absolute atomic E-state index is 12.5. The van der Waals surface area contributed by atoms with Gasteiger partial charge < -0.3 is 14.8 Å². The highest BCUT2D eigenvalue weighted by Crippen LogP contribution is 2.29. The molecule has 106 valence electrons. The van der Waals surface area contributed by atoms with Crippen LogP contribution in [0.4, 0.5) is 13.2 Å². The molecule has 1 aliphatic heterocycles. The molecule has 1 aromatic carbocycles. The normalized spacial score (nSPS) is 20.5. The molecule has 6 heteroatoms. The molecule has 1 N–H and O–H groups in total. The molecular formula is C13H16F3NO2. The van der Waals surface area contributed by atoms with Crippen molar-refractivity contribution in [3.63, 3.8) is 0 Å². The summed E-state index contributed by atoms with van der Waals surface area (Å²) < 4.78 is 48.4. The summed E-state index contributed by atoms with van der Waals surface area (Å²) in [5, 5.41) is 3.16. The molecule has 0 aromatic heterocycles. The first-order chi connectivity index (χ1) is 9.05. The van der Waals surface area contributed by atoms with Crippen LogP contribution in [0.5, 0.6) is 0 Å². The number of halogens is 3. The smallest absolute Gasteiger partial charge is 0.374 e. The first kappa shape index (κ1) is 14.3. The Hall–Kier alpha value is -1.11. The van der Waals surface area contributed by atoms with Gasteiger partial charge in [0.05, 0.1) is 31.5 Å². The van der Waals surface area contributed by atoms with E-state index in [1.54, 1.807) is 6.07 Å². The third kappa shape index (κ3) is 4.49. The van der Waals surface area contributed by atoms with E-state index in [1.807, 2.05) is 0 Å². The fourth-order valence-electron chi connectivity index (χ4n) is 1.87. The van der Waals surface area contributed by atoms with Crippen molar-refractivity contribution in [3.8, 4) is 0 Å². The van der Waals surface area contributed by atoms with Gasteiger partial charge in [0.1, 0.15) is 0 Å². The summed E-state index contributed by atoms with van der Waals surface area (Å²) in [6, 6.07) is 5.17. The zero-order valence-electron chi connectivity index (χ0n) is 10.4. The Kier molecular flexibility index (Phi) is 4.79.